The van der Waals surface area contributed by atoms with Crippen LogP contribution in [-0.4, -0.2) is 75.3 Å². The number of halogens is 1. The van der Waals surface area contributed by atoms with Crippen molar-refractivity contribution in [3.63, 3.8) is 0 Å². The van der Waals surface area contributed by atoms with Crippen LogP contribution in [0, 0.1) is 13.8 Å². The number of rotatable bonds is 7. The SMILES string of the molecule is Cc1cc(-c2cc(Cl)ccc2OCCn2c(C)nc3ccc(N4CCN(C)CC4)nc3c2=O)c2scc(C(=O)O)c2n1. The maximum absolute atomic E-state index is 13.6. The third kappa shape index (κ3) is 5.31. The Morgan fingerprint density at radius 2 is 1.81 bits per heavy atom. The van der Waals surface area contributed by atoms with E-state index in [0.717, 1.165) is 47.8 Å². The Kier molecular flexibility index (Phi) is 7.56. The third-order valence-electron chi connectivity index (χ3n) is 7.49. The van der Waals surface area contributed by atoms with Crippen molar-refractivity contribution in [2.24, 2.45) is 0 Å². The Bertz CT molecular complexity index is 1900. The molecule has 0 radical (unpaired) electrons. The van der Waals surface area contributed by atoms with Crippen LogP contribution in [-0.2, 0) is 6.54 Å². The molecule has 5 aromatic rings. The van der Waals surface area contributed by atoms with Crippen LogP contribution in [0.4, 0.5) is 5.82 Å². The zero-order valence-corrected chi connectivity index (χ0v) is 25.0. The number of piperazine rings is 1. The number of pyridine rings is 2. The monoisotopic (exact) mass is 604 g/mol. The highest BCUT2D eigenvalue weighted by Crippen LogP contribution is 2.40. The van der Waals surface area contributed by atoms with Crippen molar-refractivity contribution < 1.29 is 14.6 Å². The fraction of sp³-hybridized carbons (Fsp3) is 0.300. The number of fused-ring (bicyclic) bond motifs is 2. The highest BCUT2D eigenvalue weighted by molar-refractivity contribution is 7.18. The lowest BCUT2D eigenvalue weighted by Crippen LogP contribution is -2.44. The number of aryl methyl sites for hydroxylation is 2. The van der Waals surface area contributed by atoms with E-state index < -0.39 is 5.97 Å². The van der Waals surface area contributed by atoms with E-state index in [0.29, 0.717) is 38.8 Å². The van der Waals surface area contributed by atoms with Crippen LogP contribution in [0.3, 0.4) is 0 Å². The molecule has 0 aliphatic carbocycles. The lowest BCUT2D eigenvalue weighted by molar-refractivity contribution is 0.0699. The van der Waals surface area contributed by atoms with Gasteiger partial charge in [-0.1, -0.05) is 11.6 Å². The zero-order chi connectivity index (χ0) is 29.5. The number of hydrogen-bond acceptors (Lipinski definition) is 9. The molecule has 6 rings (SSSR count). The van der Waals surface area contributed by atoms with Crippen molar-refractivity contribution in [2.45, 2.75) is 20.4 Å². The number of aromatic nitrogens is 4. The maximum Gasteiger partial charge on any atom is 0.338 e. The first-order chi connectivity index (χ1) is 20.2. The van der Waals surface area contributed by atoms with Crippen LogP contribution in [0.15, 0.2) is 46.6 Å². The van der Waals surface area contributed by atoms with Gasteiger partial charge in [-0.05, 0) is 57.3 Å². The molecular formula is C30H29ClN6O4S. The van der Waals surface area contributed by atoms with Crippen LogP contribution in [0.5, 0.6) is 5.75 Å². The van der Waals surface area contributed by atoms with Crippen molar-refractivity contribution in [2.75, 3.05) is 44.7 Å². The lowest BCUT2D eigenvalue weighted by Gasteiger charge is -2.33. The number of thiophene rings is 1. The molecule has 1 aliphatic heterocycles. The molecule has 0 spiro atoms. The molecule has 0 bridgehead atoms. The molecule has 0 unspecified atom stereocenters. The first-order valence-corrected chi connectivity index (χ1v) is 14.8. The van der Waals surface area contributed by atoms with E-state index in [1.807, 2.05) is 25.1 Å². The summed E-state index contributed by atoms with van der Waals surface area (Å²) in [7, 11) is 2.10. The Hall–Kier alpha value is -4.06. The number of likely N-dealkylation sites (N-methyl/N-ethyl adjacent to an activating group) is 1. The summed E-state index contributed by atoms with van der Waals surface area (Å²) in [5, 5.41) is 11.7. The van der Waals surface area contributed by atoms with Crippen molar-refractivity contribution in [1.29, 1.82) is 0 Å². The summed E-state index contributed by atoms with van der Waals surface area (Å²) < 4.78 is 8.56. The zero-order valence-electron chi connectivity index (χ0n) is 23.4. The van der Waals surface area contributed by atoms with Gasteiger partial charge in [-0.3, -0.25) is 14.3 Å². The largest absolute Gasteiger partial charge is 0.491 e. The van der Waals surface area contributed by atoms with Gasteiger partial charge in [-0.25, -0.2) is 14.8 Å². The second kappa shape index (κ2) is 11.3. The van der Waals surface area contributed by atoms with Gasteiger partial charge in [0.25, 0.3) is 5.56 Å². The number of carboxylic acid groups (broad SMARTS) is 1. The summed E-state index contributed by atoms with van der Waals surface area (Å²) in [6.45, 7) is 7.68. The fourth-order valence-electron chi connectivity index (χ4n) is 5.25. The van der Waals surface area contributed by atoms with E-state index in [1.165, 1.54) is 11.3 Å². The summed E-state index contributed by atoms with van der Waals surface area (Å²) in [5.41, 5.74) is 3.47. The standard InChI is InChI=1S/C30H29ClN6O4S/c1-17-14-21(28-26(32-17)22(16-42-28)30(39)40)20-15-19(31)4-6-24(20)41-13-12-37-18(2)33-23-5-7-25(34-27(23)29(37)38)36-10-8-35(3)9-11-36/h4-7,14-16H,8-13H2,1-3H3,(H,39,40). The lowest BCUT2D eigenvalue weighted by atomic mass is 10.0. The minimum absolute atomic E-state index is 0.160. The number of anilines is 1. The molecule has 12 heteroatoms. The molecule has 1 aliphatic rings. The van der Waals surface area contributed by atoms with Crippen molar-refractivity contribution in [3.8, 4) is 16.9 Å². The van der Waals surface area contributed by atoms with Crippen LogP contribution < -0.4 is 15.2 Å². The van der Waals surface area contributed by atoms with E-state index in [-0.39, 0.29) is 24.3 Å². The average Bonchev–Trinajstić information content (AvgIpc) is 3.39. The number of benzene rings is 1. The molecule has 0 saturated carbocycles. The second-order valence-electron chi connectivity index (χ2n) is 10.4. The molecule has 4 aromatic heterocycles. The Morgan fingerprint density at radius 1 is 1.02 bits per heavy atom. The fourth-order valence-corrected chi connectivity index (χ4v) is 6.43. The second-order valence-corrected chi connectivity index (χ2v) is 11.7. The molecular weight excluding hydrogens is 576 g/mol. The number of hydrogen-bond donors (Lipinski definition) is 1. The molecule has 216 valence electrons. The van der Waals surface area contributed by atoms with Gasteiger partial charge in [0.2, 0.25) is 0 Å². The minimum Gasteiger partial charge on any atom is -0.491 e. The van der Waals surface area contributed by atoms with E-state index >= 15 is 0 Å². The number of ether oxygens (including phenoxy) is 1. The van der Waals surface area contributed by atoms with E-state index in [1.54, 1.807) is 35.1 Å². The summed E-state index contributed by atoms with van der Waals surface area (Å²) >= 11 is 7.70. The van der Waals surface area contributed by atoms with Gasteiger partial charge in [-0.2, -0.15) is 0 Å². The summed E-state index contributed by atoms with van der Waals surface area (Å²) in [5.74, 6) is 0.896. The molecule has 10 nitrogen and oxygen atoms in total. The Labute approximate surface area is 250 Å². The van der Waals surface area contributed by atoms with Gasteiger partial charge >= 0.3 is 5.97 Å². The number of aromatic carboxylic acids is 1. The van der Waals surface area contributed by atoms with Gasteiger partial charge in [0, 0.05) is 53.4 Å². The molecule has 0 amide bonds. The number of nitrogens with zero attached hydrogens (tertiary/aromatic N) is 6. The Balaban J connectivity index is 1.29. The van der Waals surface area contributed by atoms with Crippen LogP contribution >= 0.6 is 22.9 Å². The van der Waals surface area contributed by atoms with Crippen molar-refractivity contribution in [3.05, 3.63) is 74.2 Å². The number of carbonyl (C=O) groups is 1. The number of carboxylic acids is 1. The third-order valence-corrected chi connectivity index (χ3v) is 8.73. The van der Waals surface area contributed by atoms with Crippen LogP contribution in [0.1, 0.15) is 21.9 Å². The van der Waals surface area contributed by atoms with E-state index in [4.69, 9.17) is 21.3 Å². The minimum atomic E-state index is -1.03. The molecule has 1 aromatic carbocycles. The van der Waals surface area contributed by atoms with E-state index in [2.05, 4.69) is 26.8 Å². The summed E-state index contributed by atoms with van der Waals surface area (Å²) in [6.07, 6.45) is 0. The van der Waals surface area contributed by atoms with Gasteiger partial charge in [0.15, 0.2) is 5.52 Å². The predicted molar refractivity (Wildman–Crippen MR) is 166 cm³/mol. The Morgan fingerprint density at radius 3 is 2.57 bits per heavy atom. The van der Waals surface area contributed by atoms with Gasteiger partial charge in [0.05, 0.1) is 27.8 Å². The van der Waals surface area contributed by atoms with E-state index in [9.17, 15) is 14.7 Å². The predicted octanol–water partition coefficient (Wildman–Crippen LogP) is 4.87. The van der Waals surface area contributed by atoms with Gasteiger partial charge < -0.3 is 19.6 Å². The molecule has 5 heterocycles. The maximum atomic E-state index is 13.6. The highest BCUT2D eigenvalue weighted by Gasteiger charge is 2.20. The molecule has 1 saturated heterocycles. The summed E-state index contributed by atoms with van der Waals surface area (Å²) in [6, 6.07) is 11.0. The highest BCUT2D eigenvalue weighted by atomic mass is 35.5. The smallest absolute Gasteiger partial charge is 0.338 e. The first-order valence-electron chi connectivity index (χ1n) is 13.6. The van der Waals surface area contributed by atoms with Crippen molar-refractivity contribution >= 4 is 56.0 Å². The average molecular weight is 605 g/mol. The molecule has 0 atom stereocenters. The molecule has 1 N–H and O–H groups in total. The van der Waals surface area contributed by atoms with Gasteiger partial charge in [0.1, 0.15) is 24.0 Å². The van der Waals surface area contributed by atoms with Gasteiger partial charge in [-0.15, -0.1) is 11.3 Å². The summed E-state index contributed by atoms with van der Waals surface area (Å²) in [4.78, 5) is 43.6. The normalized spacial score (nSPS) is 14.1. The molecule has 42 heavy (non-hydrogen) atoms. The topological polar surface area (TPSA) is 114 Å². The first kappa shape index (κ1) is 28.1. The van der Waals surface area contributed by atoms with Crippen LogP contribution in [0.25, 0.3) is 32.4 Å². The molecule has 1 fully saturated rings. The quantitative estimate of drug-likeness (QED) is 0.278. The van der Waals surface area contributed by atoms with Crippen LogP contribution in [0.2, 0.25) is 5.02 Å². The van der Waals surface area contributed by atoms with Crippen molar-refractivity contribution in [1.82, 2.24) is 24.4 Å².